The van der Waals surface area contributed by atoms with Crippen molar-refractivity contribution in [2.24, 2.45) is 0 Å². The minimum Gasteiger partial charge on any atom is -0.350 e. The van der Waals surface area contributed by atoms with Gasteiger partial charge < -0.3 is 5.32 Å². The van der Waals surface area contributed by atoms with Crippen molar-refractivity contribution in [3.63, 3.8) is 0 Å². The van der Waals surface area contributed by atoms with E-state index in [1.54, 1.807) is 12.1 Å². The van der Waals surface area contributed by atoms with Crippen LogP contribution in [0.1, 0.15) is 16.7 Å². The number of benzene rings is 2. The lowest BCUT2D eigenvalue weighted by Crippen LogP contribution is -2.32. The van der Waals surface area contributed by atoms with Crippen LogP contribution in [0.15, 0.2) is 53.2 Å². The monoisotopic (exact) mass is 340 g/mol. The van der Waals surface area contributed by atoms with Crippen LogP contribution in [0.25, 0.3) is 0 Å². The van der Waals surface area contributed by atoms with Gasteiger partial charge in [0.2, 0.25) is 0 Å². The highest BCUT2D eigenvalue weighted by Crippen LogP contribution is 2.30. The zero-order valence-corrected chi connectivity index (χ0v) is 14.4. The molecule has 122 valence electrons. The fourth-order valence-corrected chi connectivity index (χ4v) is 2.72. The average Bonchev–Trinajstić information content (AvgIpc) is 2.76. The Morgan fingerprint density at radius 2 is 1.54 bits per heavy atom. The van der Waals surface area contributed by atoms with E-state index in [1.807, 2.05) is 51.1 Å². The molecule has 24 heavy (non-hydrogen) atoms. The summed E-state index contributed by atoms with van der Waals surface area (Å²) in [5.41, 5.74) is 4.61. The van der Waals surface area contributed by atoms with Crippen molar-refractivity contribution in [1.82, 2.24) is 0 Å². The van der Waals surface area contributed by atoms with E-state index in [4.69, 9.17) is 11.6 Å². The molecule has 0 atom stereocenters. The van der Waals surface area contributed by atoms with Crippen molar-refractivity contribution in [2.45, 2.75) is 20.8 Å². The number of imide groups is 1. The Hall–Kier alpha value is -2.59. The van der Waals surface area contributed by atoms with Gasteiger partial charge in [0, 0.05) is 5.69 Å². The van der Waals surface area contributed by atoms with Crippen molar-refractivity contribution in [2.75, 3.05) is 10.2 Å². The summed E-state index contributed by atoms with van der Waals surface area (Å²) >= 11 is 6.13. The summed E-state index contributed by atoms with van der Waals surface area (Å²) in [6.45, 7) is 5.93. The Kier molecular flexibility index (Phi) is 4.16. The van der Waals surface area contributed by atoms with Gasteiger partial charge in [-0.25, -0.2) is 4.90 Å². The molecule has 0 bridgehead atoms. The summed E-state index contributed by atoms with van der Waals surface area (Å²) in [6.07, 6.45) is 0. The molecular formula is C19H17ClN2O2. The van der Waals surface area contributed by atoms with Gasteiger partial charge in [0.15, 0.2) is 0 Å². The van der Waals surface area contributed by atoms with Gasteiger partial charge in [0.25, 0.3) is 11.8 Å². The first-order valence-corrected chi connectivity index (χ1v) is 7.96. The molecule has 0 radical (unpaired) electrons. The molecule has 0 fully saturated rings. The second-order valence-corrected chi connectivity index (χ2v) is 6.27. The summed E-state index contributed by atoms with van der Waals surface area (Å²) in [7, 11) is 0. The standard InChI is InChI=1S/C19H17ClN2O2/c1-11-4-8-15(9-5-11)22-18(23)16(20)17(19(22)24)21-14-7-6-12(2)13(3)10-14/h4-10,21H,1-3H3. The fourth-order valence-electron chi connectivity index (χ4n) is 2.50. The first-order chi connectivity index (χ1) is 11.4. The summed E-state index contributed by atoms with van der Waals surface area (Å²) < 4.78 is 0. The molecule has 1 N–H and O–H groups in total. The lowest BCUT2D eigenvalue weighted by atomic mass is 10.1. The lowest BCUT2D eigenvalue weighted by Gasteiger charge is -2.15. The van der Waals surface area contributed by atoms with Gasteiger partial charge in [-0.3, -0.25) is 9.59 Å². The van der Waals surface area contributed by atoms with Gasteiger partial charge >= 0.3 is 0 Å². The number of nitrogens with zero attached hydrogens (tertiary/aromatic N) is 1. The zero-order valence-electron chi connectivity index (χ0n) is 13.7. The molecule has 0 saturated carbocycles. The molecule has 1 aliphatic heterocycles. The van der Waals surface area contributed by atoms with E-state index in [2.05, 4.69) is 5.32 Å². The number of nitrogens with one attached hydrogen (secondary N) is 1. The first-order valence-electron chi connectivity index (χ1n) is 7.58. The quantitative estimate of drug-likeness (QED) is 0.858. The first kappa shape index (κ1) is 16.3. The molecule has 3 rings (SSSR count). The molecular weight excluding hydrogens is 324 g/mol. The number of anilines is 2. The molecule has 2 amide bonds. The largest absolute Gasteiger partial charge is 0.350 e. The van der Waals surface area contributed by atoms with E-state index in [0.717, 1.165) is 27.3 Å². The van der Waals surface area contributed by atoms with Crippen LogP contribution in [0.5, 0.6) is 0 Å². The molecule has 2 aromatic rings. The summed E-state index contributed by atoms with van der Waals surface area (Å²) in [6, 6.07) is 12.9. The van der Waals surface area contributed by atoms with Gasteiger partial charge in [-0.15, -0.1) is 0 Å². The lowest BCUT2D eigenvalue weighted by molar-refractivity contribution is -0.120. The molecule has 0 saturated heterocycles. The third-order valence-corrected chi connectivity index (χ3v) is 4.45. The van der Waals surface area contributed by atoms with E-state index in [0.29, 0.717) is 5.69 Å². The summed E-state index contributed by atoms with van der Waals surface area (Å²) in [5.74, 6) is -0.969. The van der Waals surface area contributed by atoms with Crippen molar-refractivity contribution < 1.29 is 9.59 Å². The molecule has 5 heteroatoms. The number of amides is 2. The second kappa shape index (κ2) is 6.13. The Morgan fingerprint density at radius 1 is 0.875 bits per heavy atom. The Balaban J connectivity index is 1.91. The predicted molar refractivity (Wildman–Crippen MR) is 96.1 cm³/mol. The van der Waals surface area contributed by atoms with Crippen LogP contribution < -0.4 is 10.2 Å². The maximum atomic E-state index is 12.7. The third kappa shape index (κ3) is 2.81. The molecule has 0 spiro atoms. The second-order valence-electron chi connectivity index (χ2n) is 5.89. The van der Waals surface area contributed by atoms with Crippen LogP contribution in [0.3, 0.4) is 0 Å². The van der Waals surface area contributed by atoms with Gasteiger partial charge in [-0.1, -0.05) is 35.4 Å². The van der Waals surface area contributed by atoms with Gasteiger partial charge in [0.1, 0.15) is 10.7 Å². The van der Waals surface area contributed by atoms with E-state index < -0.39 is 11.8 Å². The molecule has 2 aromatic carbocycles. The summed E-state index contributed by atoms with van der Waals surface area (Å²) in [4.78, 5) is 26.2. The van der Waals surface area contributed by atoms with Crippen molar-refractivity contribution >= 4 is 34.8 Å². The maximum Gasteiger partial charge on any atom is 0.283 e. The van der Waals surface area contributed by atoms with Crippen LogP contribution in [-0.2, 0) is 9.59 Å². The predicted octanol–water partition coefficient (Wildman–Crippen LogP) is 4.05. The smallest absolute Gasteiger partial charge is 0.283 e. The van der Waals surface area contributed by atoms with Crippen LogP contribution in [-0.4, -0.2) is 11.8 Å². The molecule has 0 aliphatic carbocycles. The SMILES string of the molecule is Cc1ccc(N2C(=O)C(Cl)=C(Nc3ccc(C)c(C)c3)C2=O)cc1. The molecule has 0 aromatic heterocycles. The van der Waals surface area contributed by atoms with Crippen molar-refractivity contribution in [3.05, 3.63) is 69.9 Å². The van der Waals surface area contributed by atoms with Gasteiger partial charge in [0.05, 0.1) is 5.69 Å². The maximum absolute atomic E-state index is 12.7. The Bertz CT molecular complexity index is 869. The number of hydrogen-bond donors (Lipinski definition) is 1. The zero-order chi connectivity index (χ0) is 17.4. The van der Waals surface area contributed by atoms with Gasteiger partial charge in [-0.2, -0.15) is 0 Å². The molecule has 1 heterocycles. The van der Waals surface area contributed by atoms with E-state index in [9.17, 15) is 9.59 Å². The highest BCUT2D eigenvalue weighted by Gasteiger charge is 2.38. The normalized spacial score (nSPS) is 14.6. The van der Waals surface area contributed by atoms with Gasteiger partial charge in [-0.05, 0) is 56.2 Å². The Labute approximate surface area is 145 Å². The number of aryl methyl sites for hydroxylation is 3. The highest BCUT2D eigenvalue weighted by atomic mass is 35.5. The number of carbonyl (C=O) groups is 2. The van der Waals surface area contributed by atoms with Crippen LogP contribution in [0.2, 0.25) is 0 Å². The Morgan fingerprint density at radius 3 is 2.17 bits per heavy atom. The minimum absolute atomic E-state index is 0.0983. The third-order valence-electron chi connectivity index (χ3n) is 4.10. The summed E-state index contributed by atoms with van der Waals surface area (Å²) in [5, 5.41) is 2.89. The molecule has 4 nitrogen and oxygen atoms in total. The number of halogens is 1. The van der Waals surface area contributed by atoms with Crippen LogP contribution in [0, 0.1) is 20.8 Å². The van der Waals surface area contributed by atoms with E-state index in [-0.39, 0.29) is 10.7 Å². The molecule has 1 aliphatic rings. The number of carbonyl (C=O) groups excluding carboxylic acids is 2. The van der Waals surface area contributed by atoms with Crippen molar-refractivity contribution in [1.29, 1.82) is 0 Å². The van der Waals surface area contributed by atoms with Crippen LogP contribution >= 0.6 is 11.6 Å². The minimum atomic E-state index is -0.517. The van der Waals surface area contributed by atoms with E-state index >= 15 is 0 Å². The number of hydrogen-bond acceptors (Lipinski definition) is 3. The fraction of sp³-hybridized carbons (Fsp3) is 0.158. The van der Waals surface area contributed by atoms with Crippen LogP contribution in [0.4, 0.5) is 11.4 Å². The van der Waals surface area contributed by atoms with Crippen molar-refractivity contribution in [3.8, 4) is 0 Å². The molecule has 0 unspecified atom stereocenters. The highest BCUT2D eigenvalue weighted by molar-refractivity contribution is 6.53. The van der Waals surface area contributed by atoms with E-state index in [1.165, 1.54) is 0 Å². The average molecular weight is 341 g/mol. The topological polar surface area (TPSA) is 49.4 Å². The number of rotatable bonds is 3.